The Kier molecular flexibility index (Phi) is 9.18. The number of carbonyl (C=O) groups excluding carboxylic acids is 1. The summed E-state index contributed by atoms with van der Waals surface area (Å²) in [6, 6.07) is 5.99. The molecule has 0 aliphatic heterocycles. The first kappa shape index (κ1) is 26.2. The zero-order chi connectivity index (χ0) is 23.2. The van der Waals surface area contributed by atoms with Crippen molar-refractivity contribution >= 4 is 20.5 Å². The minimum atomic E-state index is -1.83. The predicted octanol–water partition coefficient (Wildman–Crippen LogP) is 6.19. The van der Waals surface area contributed by atoms with Crippen molar-refractivity contribution in [1.82, 2.24) is 5.32 Å². The lowest BCUT2D eigenvalue weighted by Gasteiger charge is -2.37. The van der Waals surface area contributed by atoms with E-state index in [1.54, 1.807) is 7.11 Å². The Morgan fingerprint density at radius 3 is 2.33 bits per heavy atom. The topological polar surface area (TPSA) is 56.8 Å². The molecule has 1 aromatic carbocycles. The van der Waals surface area contributed by atoms with Gasteiger partial charge in [-0.05, 0) is 75.5 Å². The number of methoxy groups -OCH3 is 1. The van der Waals surface area contributed by atoms with E-state index in [4.69, 9.17) is 13.9 Å². The summed E-state index contributed by atoms with van der Waals surface area (Å²) in [6.45, 7) is 19.4. The number of amides is 1. The summed E-state index contributed by atoms with van der Waals surface area (Å²) in [5, 5.41) is 2.99. The molecule has 0 aliphatic rings. The Balaban J connectivity index is 2.85. The van der Waals surface area contributed by atoms with E-state index in [9.17, 15) is 4.79 Å². The van der Waals surface area contributed by atoms with Gasteiger partial charge in [-0.1, -0.05) is 39.0 Å². The van der Waals surface area contributed by atoms with Gasteiger partial charge in [-0.3, -0.25) is 0 Å². The van der Waals surface area contributed by atoms with E-state index < -0.39 is 20.0 Å². The SMILES string of the molecule is COc1ccc(CCNC(=O)OC(C)(C)C)c(/C=C/[C@H](C)O[Si](C)(C)C(C)(C)C)c1. The maximum Gasteiger partial charge on any atom is 0.407 e. The number of benzene rings is 1. The quantitative estimate of drug-likeness (QED) is 0.495. The molecular weight excluding hydrogens is 394 g/mol. The highest BCUT2D eigenvalue weighted by molar-refractivity contribution is 6.74. The number of carbonyl (C=O) groups is 1. The number of ether oxygens (including phenoxy) is 2. The molecule has 1 N–H and O–H groups in total. The maximum atomic E-state index is 11.9. The number of nitrogens with one attached hydrogen (secondary N) is 1. The second kappa shape index (κ2) is 10.5. The molecule has 0 aliphatic carbocycles. The monoisotopic (exact) mass is 435 g/mol. The molecule has 5 nitrogen and oxygen atoms in total. The highest BCUT2D eigenvalue weighted by atomic mass is 28.4. The number of alkyl carbamates (subject to hydrolysis) is 1. The second-order valence-corrected chi connectivity index (χ2v) is 14.9. The van der Waals surface area contributed by atoms with E-state index in [2.05, 4.69) is 58.3 Å². The largest absolute Gasteiger partial charge is 0.497 e. The van der Waals surface area contributed by atoms with Crippen molar-refractivity contribution in [2.24, 2.45) is 0 Å². The zero-order valence-electron chi connectivity index (χ0n) is 20.5. The van der Waals surface area contributed by atoms with Crippen LogP contribution in [0.5, 0.6) is 5.75 Å². The van der Waals surface area contributed by atoms with E-state index in [1.165, 1.54) is 0 Å². The summed E-state index contributed by atoms with van der Waals surface area (Å²) in [4.78, 5) is 11.9. The fourth-order valence-corrected chi connectivity index (χ4v) is 3.98. The molecule has 6 heteroatoms. The standard InChI is InChI=1S/C24H41NO4Si/c1-18(29-30(9,10)24(5,6)7)11-12-20-17-21(27-8)14-13-19(20)15-16-25-22(26)28-23(2,3)4/h11-14,17-18H,15-16H2,1-10H3,(H,25,26)/b12-11+/t18-/m0/s1. The molecular formula is C24H41NO4Si. The van der Waals surface area contributed by atoms with Crippen LogP contribution in [0.3, 0.4) is 0 Å². The molecule has 0 heterocycles. The van der Waals surface area contributed by atoms with Gasteiger partial charge in [0, 0.05) is 6.54 Å². The van der Waals surface area contributed by atoms with E-state index in [0.29, 0.717) is 13.0 Å². The Hall–Kier alpha value is -1.79. The van der Waals surface area contributed by atoms with Crippen LogP contribution in [-0.4, -0.2) is 39.8 Å². The van der Waals surface area contributed by atoms with Gasteiger partial charge in [-0.25, -0.2) is 4.79 Å². The van der Waals surface area contributed by atoms with Crippen molar-refractivity contribution < 1.29 is 18.7 Å². The summed E-state index contributed by atoms with van der Waals surface area (Å²) in [5.41, 5.74) is 1.69. The van der Waals surface area contributed by atoms with Crippen molar-refractivity contribution in [3.8, 4) is 5.75 Å². The molecule has 0 unspecified atom stereocenters. The van der Waals surface area contributed by atoms with Crippen LogP contribution in [0, 0.1) is 0 Å². The minimum absolute atomic E-state index is 0.0184. The average molecular weight is 436 g/mol. The van der Waals surface area contributed by atoms with Gasteiger partial charge in [0.15, 0.2) is 8.32 Å². The number of hydrogen-bond donors (Lipinski definition) is 1. The molecule has 1 amide bonds. The van der Waals surface area contributed by atoms with Crippen LogP contribution in [0.15, 0.2) is 24.3 Å². The van der Waals surface area contributed by atoms with E-state index in [-0.39, 0.29) is 11.1 Å². The molecule has 1 rings (SSSR count). The third-order valence-corrected chi connectivity index (χ3v) is 9.82. The third kappa shape index (κ3) is 8.92. The van der Waals surface area contributed by atoms with Crippen LogP contribution in [0.2, 0.25) is 18.1 Å². The highest BCUT2D eigenvalue weighted by Gasteiger charge is 2.38. The van der Waals surface area contributed by atoms with Gasteiger partial charge >= 0.3 is 6.09 Å². The molecule has 30 heavy (non-hydrogen) atoms. The number of hydrogen-bond acceptors (Lipinski definition) is 4. The lowest BCUT2D eigenvalue weighted by molar-refractivity contribution is 0.0528. The fraction of sp³-hybridized carbons (Fsp3) is 0.625. The van der Waals surface area contributed by atoms with Gasteiger partial charge in [0.2, 0.25) is 0 Å². The Bertz CT molecular complexity index is 730. The Morgan fingerprint density at radius 1 is 1.17 bits per heavy atom. The van der Waals surface area contributed by atoms with Crippen LogP contribution in [0.1, 0.15) is 59.6 Å². The molecule has 0 fully saturated rings. The van der Waals surface area contributed by atoms with Gasteiger partial charge in [-0.2, -0.15) is 0 Å². The summed E-state index contributed by atoms with van der Waals surface area (Å²) in [6.07, 6.45) is 4.50. The van der Waals surface area contributed by atoms with Gasteiger partial charge < -0.3 is 19.2 Å². The van der Waals surface area contributed by atoms with Gasteiger partial charge in [0.05, 0.1) is 13.2 Å². The first-order chi connectivity index (χ1) is 13.6. The summed E-state index contributed by atoms with van der Waals surface area (Å²) in [7, 11) is -0.166. The smallest absolute Gasteiger partial charge is 0.407 e. The van der Waals surface area contributed by atoms with Crippen LogP contribution in [0.4, 0.5) is 4.79 Å². The molecule has 0 bridgehead atoms. The van der Waals surface area contributed by atoms with Crippen LogP contribution < -0.4 is 10.1 Å². The number of rotatable bonds is 8. The maximum absolute atomic E-state index is 11.9. The molecule has 0 saturated carbocycles. The fourth-order valence-electron chi connectivity index (χ4n) is 2.62. The van der Waals surface area contributed by atoms with Gasteiger partial charge in [0.1, 0.15) is 11.4 Å². The average Bonchev–Trinajstić information content (AvgIpc) is 2.57. The molecule has 170 valence electrons. The van der Waals surface area contributed by atoms with Crippen molar-refractivity contribution in [1.29, 1.82) is 0 Å². The molecule has 1 atom stereocenters. The second-order valence-electron chi connectivity index (χ2n) is 10.2. The van der Waals surface area contributed by atoms with Crippen molar-refractivity contribution in [3.63, 3.8) is 0 Å². The normalized spacial score (nSPS) is 13.9. The first-order valence-electron chi connectivity index (χ1n) is 10.6. The van der Waals surface area contributed by atoms with E-state index in [1.807, 2.05) is 39.0 Å². The molecule has 0 radical (unpaired) electrons. The van der Waals surface area contributed by atoms with Crippen molar-refractivity contribution in [3.05, 3.63) is 35.4 Å². The van der Waals surface area contributed by atoms with Gasteiger partial charge in [-0.15, -0.1) is 0 Å². The molecule has 0 spiro atoms. The van der Waals surface area contributed by atoms with Crippen LogP contribution in [-0.2, 0) is 15.6 Å². The van der Waals surface area contributed by atoms with Crippen LogP contribution >= 0.6 is 0 Å². The van der Waals surface area contributed by atoms with E-state index >= 15 is 0 Å². The zero-order valence-corrected chi connectivity index (χ0v) is 21.5. The van der Waals surface area contributed by atoms with Crippen LogP contribution in [0.25, 0.3) is 6.08 Å². The Morgan fingerprint density at radius 2 is 1.80 bits per heavy atom. The summed E-state index contributed by atoms with van der Waals surface area (Å²) in [5.74, 6) is 0.802. The molecule has 0 saturated heterocycles. The van der Waals surface area contributed by atoms with Gasteiger partial charge in [0.25, 0.3) is 0 Å². The minimum Gasteiger partial charge on any atom is -0.497 e. The lowest BCUT2D eigenvalue weighted by Crippen LogP contribution is -2.42. The van der Waals surface area contributed by atoms with Crippen molar-refractivity contribution in [2.45, 2.75) is 84.7 Å². The highest BCUT2D eigenvalue weighted by Crippen LogP contribution is 2.37. The summed E-state index contributed by atoms with van der Waals surface area (Å²) >= 11 is 0. The Labute approximate surface area is 184 Å². The summed E-state index contributed by atoms with van der Waals surface area (Å²) < 4.78 is 17.1. The molecule has 0 aromatic heterocycles. The predicted molar refractivity (Wildman–Crippen MR) is 128 cm³/mol. The molecule has 1 aromatic rings. The van der Waals surface area contributed by atoms with Crippen molar-refractivity contribution in [2.75, 3.05) is 13.7 Å². The third-order valence-electron chi connectivity index (χ3n) is 5.25. The lowest BCUT2D eigenvalue weighted by atomic mass is 10.0. The van der Waals surface area contributed by atoms with E-state index in [0.717, 1.165) is 16.9 Å². The first-order valence-corrected chi connectivity index (χ1v) is 13.6.